The van der Waals surface area contributed by atoms with Gasteiger partial charge in [0.1, 0.15) is 5.75 Å². The van der Waals surface area contributed by atoms with Gasteiger partial charge in [-0.2, -0.15) is 0 Å². The normalized spacial score (nSPS) is 14.7. The Bertz CT molecular complexity index is 1310. The molecule has 0 amide bonds. The first-order valence-corrected chi connectivity index (χ1v) is 9.56. The molecule has 138 valence electrons. The average molecular weight is 374 g/mol. The molecule has 4 aromatic carbocycles. The summed E-state index contributed by atoms with van der Waals surface area (Å²) in [5, 5.41) is 12.2. The summed E-state index contributed by atoms with van der Waals surface area (Å²) in [6, 6.07) is 29.5. The monoisotopic (exact) mass is 374 g/mol. The zero-order valence-corrected chi connectivity index (χ0v) is 15.7. The van der Waals surface area contributed by atoms with Crippen LogP contribution in [0.25, 0.3) is 21.9 Å². The van der Waals surface area contributed by atoms with Crippen LogP contribution in [-0.2, 0) is 0 Å². The van der Waals surface area contributed by atoms with E-state index in [4.69, 9.17) is 0 Å². The predicted octanol–water partition coefficient (Wildman–Crippen LogP) is 6.26. The minimum atomic E-state index is 0.0207. The first-order chi connectivity index (χ1) is 14.2. The molecule has 2 nitrogen and oxygen atoms in total. The summed E-state index contributed by atoms with van der Waals surface area (Å²) in [4.78, 5) is 12.4. The van der Waals surface area contributed by atoms with E-state index in [1.54, 1.807) is 12.1 Å². The molecule has 0 aliphatic heterocycles. The van der Waals surface area contributed by atoms with E-state index in [-0.39, 0.29) is 11.5 Å². The first kappa shape index (κ1) is 17.2. The Labute approximate surface area is 169 Å². The minimum Gasteiger partial charge on any atom is -0.507 e. The third kappa shape index (κ3) is 2.86. The third-order valence-electron chi connectivity index (χ3n) is 5.39. The van der Waals surface area contributed by atoms with Crippen molar-refractivity contribution in [3.8, 4) is 5.75 Å². The molecule has 0 bridgehead atoms. The van der Waals surface area contributed by atoms with Gasteiger partial charge in [0.15, 0.2) is 5.78 Å². The molecule has 1 N–H and O–H groups in total. The first-order valence-electron chi connectivity index (χ1n) is 9.56. The van der Waals surface area contributed by atoms with Crippen LogP contribution in [0.3, 0.4) is 0 Å². The van der Waals surface area contributed by atoms with Gasteiger partial charge in [-0.15, -0.1) is 0 Å². The molecule has 0 fully saturated rings. The van der Waals surface area contributed by atoms with Crippen LogP contribution < -0.4 is 0 Å². The molecule has 29 heavy (non-hydrogen) atoms. The Balaban J connectivity index is 1.92. The van der Waals surface area contributed by atoms with E-state index in [0.29, 0.717) is 5.56 Å². The van der Waals surface area contributed by atoms with Gasteiger partial charge in [0, 0.05) is 10.9 Å². The largest absolute Gasteiger partial charge is 0.507 e. The van der Waals surface area contributed by atoms with Crippen molar-refractivity contribution in [2.75, 3.05) is 0 Å². The predicted molar refractivity (Wildman–Crippen MR) is 118 cm³/mol. The lowest BCUT2D eigenvalue weighted by Crippen LogP contribution is -2.06. The van der Waals surface area contributed by atoms with E-state index >= 15 is 0 Å². The van der Waals surface area contributed by atoms with Crippen LogP contribution in [0.1, 0.15) is 27.0 Å². The number of benzene rings is 4. The molecule has 5 rings (SSSR count). The van der Waals surface area contributed by atoms with Gasteiger partial charge in [-0.05, 0) is 51.4 Å². The Kier molecular flexibility index (Phi) is 4.10. The Morgan fingerprint density at radius 1 is 0.621 bits per heavy atom. The van der Waals surface area contributed by atoms with E-state index in [9.17, 15) is 9.90 Å². The number of carbonyl (C=O) groups excluding carboxylic acids is 1. The average Bonchev–Trinajstić information content (AvgIpc) is 2.78. The number of hydrogen-bond acceptors (Lipinski definition) is 2. The lowest BCUT2D eigenvalue weighted by Gasteiger charge is -2.20. The molecule has 0 unspecified atom stereocenters. The van der Waals surface area contributed by atoms with E-state index in [2.05, 4.69) is 12.1 Å². The second-order valence-electron chi connectivity index (χ2n) is 7.08. The zero-order chi connectivity index (χ0) is 19.8. The number of ketones is 1. The second-order valence-corrected chi connectivity index (χ2v) is 7.08. The molecule has 0 radical (unpaired) electrons. The van der Waals surface area contributed by atoms with Gasteiger partial charge in [-0.1, -0.05) is 84.9 Å². The minimum absolute atomic E-state index is 0.0207. The van der Waals surface area contributed by atoms with Crippen molar-refractivity contribution >= 4 is 27.7 Å². The highest BCUT2D eigenvalue weighted by molar-refractivity contribution is 6.18. The van der Waals surface area contributed by atoms with Gasteiger partial charge >= 0.3 is 0 Å². The summed E-state index contributed by atoms with van der Waals surface area (Å²) in [6.07, 6.45) is 3.55. The van der Waals surface area contributed by atoms with Crippen LogP contribution in [0, 0.1) is 0 Å². The summed E-state index contributed by atoms with van der Waals surface area (Å²) >= 11 is 0. The maximum absolute atomic E-state index is 12.4. The highest BCUT2D eigenvalue weighted by Gasteiger charge is 2.21. The van der Waals surface area contributed by atoms with Crippen LogP contribution >= 0.6 is 0 Å². The molecule has 2 heteroatoms. The zero-order valence-electron chi connectivity index (χ0n) is 15.7. The van der Waals surface area contributed by atoms with Gasteiger partial charge in [0.25, 0.3) is 0 Å². The van der Waals surface area contributed by atoms with Gasteiger partial charge < -0.3 is 5.11 Å². The molecule has 4 aromatic rings. The fraction of sp³-hybridized carbons (Fsp3) is 0. The summed E-state index contributed by atoms with van der Waals surface area (Å²) in [5.74, 6) is 0.281. The fourth-order valence-electron chi connectivity index (χ4n) is 4.05. The molecule has 1 aliphatic carbocycles. The van der Waals surface area contributed by atoms with E-state index in [1.807, 2.05) is 78.9 Å². The number of carbonyl (C=O) groups is 1. The summed E-state index contributed by atoms with van der Waals surface area (Å²) in [6.45, 7) is 0. The van der Waals surface area contributed by atoms with E-state index in [1.165, 1.54) is 0 Å². The smallest absolute Gasteiger partial charge is 0.186 e. The topological polar surface area (TPSA) is 37.3 Å². The second kappa shape index (κ2) is 6.92. The number of phenolic OH excluding ortho intramolecular Hbond substituents is 1. The molecule has 0 spiro atoms. The van der Waals surface area contributed by atoms with Gasteiger partial charge in [-0.3, -0.25) is 4.79 Å². The summed E-state index contributed by atoms with van der Waals surface area (Å²) < 4.78 is 0. The number of rotatable bonds is 2. The van der Waals surface area contributed by atoms with Crippen LogP contribution in [0.4, 0.5) is 0 Å². The molecule has 1 aliphatic rings. The number of phenols is 1. The van der Waals surface area contributed by atoms with Gasteiger partial charge in [0.2, 0.25) is 0 Å². The van der Waals surface area contributed by atoms with Gasteiger partial charge in [-0.25, -0.2) is 0 Å². The van der Waals surface area contributed by atoms with Crippen molar-refractivity contribution in [2.24, 2.45) is 0 Å². The molecule has 0 aromatic heterocycles. The van der Waals surface area contributed by atoms with Crippen molar-refractivity contribution in [1.82, 2.24) is 0 Å². The molecule has 0 heterocycles. The quantitative estimate of drug-likeness (QED) is 0.450. The molecule has 0 atom stereocenters. The fourth-order valence-corrected chi connectivity index (χ4v) is 4.05. The molecule has 0 saturated carbocycles. The van der Waals surface area contributed by atoms with Gasteiger partial charge in [0.05, 0.1) is 0 Å². The SMILES string of the molecule is O=C1C=C/C(=C(\c2ccccc2)c2ccc(O)c3ccccc23)c2ccccc21. The van der Waals surface area contributed by atoms with Crippen molar-refractivity contribution in [1.29, 1.82) is 0 Å². The van der Waals surface area contributed by atoms with Crippen molar-refractivity contribution in [2.45, 2.75) is 0 Å². The number of aromatic hydroxyl groups is 1. The third-order valence-corrected chi connectivity index (χ3v) is 5.39. The summed E-state index contributed by atoms with van der Waals surface area (Å²) in [5.41, 5.74) is 5.76. The molecular formula is C27H18O2. The number of allylic oxidation sites excluding steroid dienone is 3. The van der Waals surface area contributed by atoms with Crippen LogP contribution in [0.15, 0.2) is 103 Å². The van der Waals surface area contributed by atoms with Crippen molar-refractivity contribution in [3.05, 3.63) is 125 Å². The highest BCUT2D eigenvalue weighted by Crippen LogP contribution is 2.40. The van der Waals surface area contributed by atoms with Crippen molar-refractivity contribution < 1.29 is 9.90 Å². The van der Waals surface area contributed by atoms with Crippen LogP contribution in [-0.4, -0.2) is 10.9 Å². The van der Waals surface area contributed by atoms with Crippen LogP contribution in [0.2, 0.25) is 0 Å². The van der Waals surface area contributed by atoms with Crippen molar-refractivity contribution in [3.63, 3.8) is 0 Å². The molecule has 0 saturated heterocycles. The Morgan fingerprint density at radius 2 is 1.28 bits per heavy atom. The summed E-state index contributed by atoms with van der Waals surface area (Å²) in [7, 11) is 0. The maximum Gasteiger partial charge on any atom is 0.186 e. The lowest BCUT2D eigenvalue weighted by atomic mass is 9.82. The van der Waals surface area contributed by atoms with E-state index in [0.717, 1.165) is 38.6 Å². The maximum atomic E-state index is 12.4. The molecular weight excluding hydrogens is 356 g/mol. The Hall–Kier alpha value is -3.91. The van der Waals surface area contributed by atoms with E-state index < -0.39 is 0 Å². The standard InChI is InChI=1S/C27H18O2/c28-25-16-14-23(19-10-4-6-12-21(19)25)27(18-8-2-1-3-9-18)24-15-17-26(29)22-13-7-5-11-20(22)24/h1-17,28H/b27-24-. The highest BCUT2D eigenvalue weighted by atomic mass is 16.3. The Morgan fingerprint density at radius 3 is 2.07 bits per heavy atom. The number of hydrogen-bond donors (Lipinski definition) is 1. The number of fused-ring (bicyclic) bond motifs is 2. The lowest BCUT2D eigenvalue weighted by molar-refractivity contribution is 0.104. The van der Waals surface area contributed by atoms with Crippen LogP contribution in [0.5, 0.6) is 5.75 Å².